The van der Waals surface area contributed by atoms with Crippen molar-refractivity contribution in [2.45, 2.75) is 57.7 Å². The zero-order chi connectivity index (χ0) is 23.4. The van der Waals surface area contributed by atoms with E-state index < -0.39 is 5.67 Å². The van der Waals surface area contributed by atoms with Crippen LogP contribution in [0.15, 0.2) is 49.2 Å². The first kappa shape index (κ1) is 23.9. The summed E-state index contributed by atoms with van der Waals surface area (Å²) in [5, 5.41) is 9.76. The zero-order valence-electron chi connectivity index (χ0n) is 20.1. The Hall–Kier alpha value is -2.24. The van der Waals surface area contributed by atoms with Crippen LogP contribution >= 0.6 is 0 Å². The molecule has 178 valence electrons. The minimum atomic E-state index is -1.11. The van der Waals surface area contributed by atoms with Gasteiger partial charge in [-0.05, 0) is 82.2 Å². The molecule has 33 heavy (non-hydrogen) atoms. The van der Waals surface area contributed by atoms with E-state index in [4.69, 9.17) is 4.98 Å². The van der Waals surface area contributed by atoms with Crippen LogP contribution in [0.4, 0.5) is 4.39 Å². The molecule has 0 bridgehead atoms. The Kier molecular flexibility index (Phi) is 7.50. The molecule has 0 spiro atoms. The van der Waals surface area contributed by atoms with Gasteiger partial charge in [0.1, 0.15) is 5.67 Å². The summed E-state index contributed by atoms with van der Waals surface area (Å²) in [6.45, 7) is 11.6. The van der Waals surface area contributed by atoms with Crippen molar-refractivity contribution in [3.8, 4) is 11.3 Å². The summed E-state index contributed by atoms with van der Waals surface area (Å²) in [5.41, 5.74) is 4.32. The van der Waals surface area contributed by atoms with E-state index in [0.29, 0.717) is 13.1 Å². The number of β-amino-alcohol motifs (C(OH)–C–C–N with tert-alkyl or cyclic N) is 1. The van der Waals surface area contributed by atoms with E-state index in [0.717, 1.165) is 73.8 Å². The molecule has 2 saturated heterocycles. The quantitative estimate of drug-likeness (QED) is 0.600. The Morgan fingerprint density at radius 2 is 1.82 bits per heavy atom. The summed E-state index contributed by atoms with van der Waals surface area (Å²) in [6, 6.07) is 12.7. The lowest BCUT2D eigenvalue weighted by atomic mass is 9.90. The molecule has 1 aromatic carbocycles. The molecule has 0 saturated carbocycles. The maximum atomic E-state index is 13.9. The van der Waals surface area contributed by atoms with Crippen LogP contribution in [0.5, 0.6) is 0 Å². The molecule has 1 aromatic heterocycles. The standard InChI is InChI=1S/C28H38FN3O/c1-21(32-17-14-26(33)19-32)24-7-9-25(10-8-24)27-11-6-23(18-30-27)5-4-22-12-15-31(16-13-22)20-28(2,3)29/h6-11,18,22,26,33H,1,4-5,12-17,19-20H2,2-3H3. The zero-order valence-corrected chi connectivity index (χ0v) is 20.1. The van der Waals surface area contributed by atoms with Crippen LogP contribution < -0.4 is 0 Å². The largest absolute Gasteiger partial charge is 0.391 e. The Morgan fingerprint density at radius 3 is 2.39 bits per heavy atom. The second-order valence-corrected chi connectivity index (χ2v) is 10.4. The number of nitrogens with zero attached hydrogens (tertiary/aromatic N) is 3. The molecule has 2 fully saturated rings. The lowest BCUT2D eigenvalue weighted by molar-refractivity contribution is 0.0943. The first-order valence-electron chi connectivity index (χ1n) is 12.4. The number of hydrogen-bond donors (Lipinski definition) is 1. The summed E-state index contributed by atoms with van der Waals surface area (Å²) in [4.78, 5) is 9.13. The van der Waals surface area contributed by atoms with E-state index in [1.54, 1.807) is 13.8 Å². The van der Waals surface area contributed by atoms with Gasteiger partial charge >= 0.3 is 0 Å². The molecule has 2 aliphatic heterocycles. The lowest BCUT2D eigenvalue weighted by Gasteiger charge is -2.34. The smallest absolute Gasteiger partial charge is 0.118 e. The van der Waals surface area contributed by atoms with Gasteiger partial charge in [-0.1, -0.05) is 36.9 Å². The number of aliphatic hydroxyl groups is 1. The first-order chi connectivity index (χ1) is 15.8. The van der Waals surface area contributed by atoms with Crippen molar-refractivity contribution in [2.75, 3.05) is 32.7 Å². The third kappa shape index (κ3) is 6.64. The minimum absolute atomic E-state index is 0.245. The van der Waals surface area contributed by atoms with Crippen LogP contribution in [-0.2, 0) is 6.42 Å². The molecule has 0 amide bonds. The van der Waals surface area contributed by atoms with Gasteiger partial charge in [-0.2, -0.15) is 0 Å². The summed E-state index contributed by atoms with van der Waals surface area (Å²) in [6.07, 6.45) is 7.12. The van der Waals surface area contributed by atoms with E-state index in [-0.39, 0.29) is 6.10 Å². The molecule has 5 heteroatoms. The first-order valence-corrected chi connectivity index (χ1v) is 12.4. The van der Waals surface area contributed by atoms with E-state index in [2.05, 4.69) is 52.8 Å². The van der Waals surface area contributed by atoms with Crippen LogP contribution in [-0.4, -0.2) is 64.4 Å². The normalized spacial score (nSPS) is 20.4. The third-order valence-electron chi connectivity index (χ3n) is 7.03. The third-order valence-corrected chi connectivity index (χ3v) is 7.03. The number of halogens is 1. The molecule has 0 radical (unpaired) electrons. The van der Waals surface area contributed by atoms with Gasteiger partial charge in [-0.3, -0.25) is 4.98 Å². The SMILES string of the molecule is C=C(c1ccc(-c2ccc(CCC3CCN(CC(C)(C)F)CC3)cn2)cc1)N1CCC(O)C1. The summed E-state index contributed by atoms with van der Waals surface area (Å²) < 4.78 is 13.9. The average Bonchev–Trinajstić information content (AvgIpc) is 3.24. The maximum absolute atomic E-state index is 13.9. The maximum Gasteiger partial charge on any atom is 0.118 e. The highest BCUT2D eigenvalue weighted by atomic mass is 19.1. The van der Waals surface area contributed by atoms with E-state index in [1.165, 1.54) is 12.0 Å². The van der Waals surface area contributed by atoms with Gasteiger partial charge in [0.15, 0.2) is 0 Å². The summed E-state index contributed by atoms with van der Waals surface area (Å²) >= 11 is 0. The van der Waals surface area contributed by atoms with Gasteiger partial charge in [-0.15, -0.1) is 0 Å². The summed E-state index contributed by atoms with van der Waals surface area (Å²) in [7, 11) is 0. The Morgan fingerprint density at radius 1 is 1.09 bits per heavy atom. The van der Waals surface area contributed by atoms with Crippen molar-refractivity contribution >= 4 is 5.70 Å². The highest BCUT2D eigenvalue weighted by molar-refractivity contribution is 5.67. The second-order valence-electron chi connectivity index (χ2n) is 10.4. The monoisotopic (exact) mass is 451 g/mol. The number of piperidine rings is 1. The van der Waals surface area contributed by atoms with Gasteiger partial charge in [0.2, 0.25) is 0 Å². The van der Waals surface area contributed by atoms with Crippen molar-refractivity contribution < 1.29 is 9.50 Å². The molecule has 4 rings (SSSR count). The Labute approximate surface area is 198 Å². The number of alkyl halides is 1. The molecule has 3 heterocycles. The highest BCUT2D eigenvalue weighted by Gasteiger charge is 2.25. The molecule has 4 nitrogen and oxygen atoms in total. The lowest BCUT2D eigenvalue weighted by Crippen LogP contribution is -2.41. The van der Waals surface area contributed by atoms with Gasteiger partial charge in [0.05, 0.1) is 11.8 Å². The molecule has 1 N–H and O–H groups in total. The van der Waals surface area contributed by atoms with Crippen molar-refractivity contribution in [3.05, 3.63) is 60.3 Å². The van der Waals surface area contributed by atoms with Crippen molar-refractivity contribution in [2.24, 2.45) is 5.92 Å². The predicted octanol–water partition coefficient (Wildman–Crippen LogP) is 5.18. The molecule has 2 aromatic rings. The van der Waals surface area contributed by atoms with Crippen molar-refractivity contribution in [1.29, 1.82) is 0 Å². The van der Waals surface area contributed by atoms with Crippen LogP contribution in [0.3, 0.4) is 0 Å². The van der Waals surface area contributed by atoms with Crippen LogP contribution in [0, 0.1) is 5.92 Å². The molecular formula is C28H38FN3O. The predicted molar refractivity (Wildman–Crippen MR) is 134 cm³/mol. The Balaban J connectivity index is 1.26. The number of hydrogen-bond acceptors (Lipinski definition) is 4. The Bertz CT molecular complexity index is 912. The van der Waals surface area contributed by atoms with E-state index in [9.17, 15) is 9.50 Å². The van der Waals surface area contributed by atoms with Crippen molar-refractivity contribution in [3.63, 3.8) is 0 Å². The van der Waals surface area contributed by atoms with Gasteiger partial charge in [-0.25, -0.2) is 4.39 Å². The number of rotatable bonds is 8. The topological polar surface area (TPSA) is 39.6 Å². The van der Waals surface area contributed by atoms with Crippen molar-refractivity contribution in [1.82, 2.24) is 14.8 Å². The second kappa shape index (κ2) is 10.4. The number of aliphatic hydroxyl groups excluding tert-OH is 1. The number of pyridine rings is 1. The molecule has 2 aliphatic rings. The van der Waals surface area contributed by atoms with E-state index >= 15 is 0 Å². The number of aromatic nitrogens is 1. The van der Waals surface area contributed by atoms with Crippen LogP contribution in [0.1, 0.15) is 50.7 Å². The molecule has 1 atom stereocenters. The fourth-order valence-electron chi connectivity index (χ4n) is 5.08. The average molecular weight is 452 g/mol. The van der Waals surface area contributed by atoms with Gasteiger partial charge in [0, 0.05) is 37.1 Å². The van der Waals surface area contributed by atoms with Gasteiger partial charge < -0.3 is 14.9 Å². The number of aryl methyl sites for hydroxylation is 1. The number of likely N-dealkylation sites (tertiary alicyclic amines) is 2. The molecule has 0 aliphatic carbocycles. The fourth-order valence-corrected chi connectivity index (χ4v) is 5.08. The summed E-state index contributed by atoms with van der Waals surface area (Å²) in [5.74, 6) is 0.723. The van der Waals surface area contributed by atoms with Crippen LogP contribution in [0.25, 0.3) is 17.0 Å². The van der Waals surface area contributed by atoms with Gasteiger partial charge in [0.25, 0.3) is 0 Å². The number of benzene rings is 1. The minimum Gasteiger partial charge on any atom is -0.391 e. The highest BCUT2D eigenvalue weighted by Crippen LogP contribution is 2.27. The van der Waals surface area contributed by atoms with Crippen LogP contribution in [0.2, 0.25) is 0 Å². The molecule has 1 unspecified atom stereocenters. The fraction of sp³-hybridized carbons (Fsp3) is 0.536. The molecular weight excluding hydrogens is 413 g/mol. The van der Waals surface area contributed by atoms with E-state index in [1.807, 2.05) is 6.20 Å².